The molecule has 13 heavy (non-hydrogen) atoms. The van der Waals surface area contributed by atoms with Gasteiger partial charge in [-0.05, 0) is 24.1 Å². The van der Waals surface area contributed by atoms with E-state index in [0.717, 1.165) is 11.3 Å². The average molecular weight is 182 g/mol. The predicted octanol–water partition coefficient (Wildman–Crippen LogP) is 1.03. The number of hydrogen-bond acceptors (Lipinski definition) is 3. The van der Waals surface area contributed by atoms with Gasteiger partial charge in [0.1, 0.15) is 11.9 Å². The first-order chi connectivity index (χ1) is 6.19. The summed E-state index contributed by atoms with van der Waals surface area (Å²) in [5.41, 5.74) is 1.68. The van der Waals surface area contributed by atoms with Gasteiger partial charge in [0.25, 0.3) is 0 Å². The molecule has 72 valence electrons. The first kappa shape index (κ1) is 10.0. The minimum atomic E-state index is -0.825. The molecule has 0 heterocycles. The smallest absolute Gasteiger partial charge is 0.122 e. The fraction of sp³-hybridized carbons (Fsp3) is 0.400. The Morgan fingerprint density at radius 3 is 2.69 bits per heavy atom. The van der Waals surface area contributed by atoms with Crippen molar-refractivity contribution in [3.05, 3.63) is 29.3 Å². The third-order valence-electron chi connectivity index (χ3n) is 1.99. The molecule has 0 amide bonds. The molecule has 1 aromatic carbocycles. The topological polar surface area (TPSA) is 49.7 Å². The van der Waals surface area contributed by atoms with Crippen molar-refractivity contribution >= 4 is 0 Å². The van der Waals surface area contributed by atoms with E-state index in [9.17, 15) is 5.11 Å². The molecule has 1 rings (SSSR count). The van der Waals surface area contributed by atoms with Crippen LogP contribution >= 0.6 is 0 Å². The highest BCUT2D eigenvalue weighted by Crippen LogP contribution is 2.22. The summed E-state index contributed by atoms with van der Waals surface area (Å²) in [6, 6.07) is 5.36. The van der Waals surface area contributed by atoms with Gasteiger partial charge in [-0.2, -0.15) is 0 Å². The molecule has 0 aliphatic rings. The zero-order valence-corrected chi connectivity index (χ0v) is 7.82. The average Bonchev–Trinajstić information content (AvgIpc) is 2.17. The molecule has 0 aromatic heterocycles. The van der Waals surface area contributed by atoms with Gasteiger partial charge in [0.15, 0.2) is 0 Å². The maximum absolute atomic E-state index is 9.33. The maximum Gasteiger partial charge on any atom is 0.122 e. The fourth-order valence-corrected chi connectivity index (χ4v) is 1.15. The minimum Gasteiger partial charge on any atom is -0.496 e. The third-order valence-corrected chi connectivity index (χ3v) is 1.99. The highest BCUT2D eigenvalue weighted by atomic mass is 16.5. The second-order valence-electron chi connectivity index (χ2n) is 2.93. The molecule has 1 unspecified atom stereocenters. The van der Waals surface area contributed by atoms with E-state index in [2.05, 4.69) is 0 Å². The minimum absolute atomic E-state index is 0.272. The summed E-state index contributed by atoms with van der Waals surface area (Å²) in [5.74, 6) is 0.727. The zero-order valence-electron chi connectivity index (χ0n) is 7.82. The summed E-state index contributed by atoms with van der Waals surface area (Å²) in [6.45, 7) is 1.65. The van der Waals surface area contributed by atoms with Crippen molar-refractivity contribution in [2.75, 3.05) is 13.7 Å². The lowest BCUT2D eigenvalue weighted by Crippen LogP contribution is -2.02. The summed E-state index contributed by atoms with van der Waals surface area (Å²) >= 11 is 0. The molecule has 3 nitrogen and oxygen atoms in total. The van der Waals surface area contributed by atoms with Crippen molar-refractivity contribution in [1.82, 2.24) is 0 Å². The van der Waals surface area contributed by atoms with E-state index >= 15 is 0 Å². The van der Waals surface area contributed by atoms with Crippen molar-refractivity contribution in [3.63, 3.8) is 0 Å². The Balaban J connectivity index is 2.99. The largest absolute Gasteiger partial charge is 0.496 e. The van der Waals surface area contributed by atoms with Gasteiger partial charge in [0.05, 0.1) is 13.7 Å². The van der Waals surface area contributed by atoms with Crippen LogP contribution in [0.2, 0.25) is 0 Å². The van der Waals surface area contributed by atoms with Crippen LogP contribution in [0.3, 0.4) is 0 Å². The van der Waals surface area contributed by atoms with Gasteiger partial charge in [-0.15, -0.1) is 0 Å². The number of aliphatic hydroxyl groups is 2. The van der Waals surface area contributed by atoms with Gasteiger partial charge in [-0.3, -0.25) is 0 Å². The number of ether oxygens (including phenoxy) is 1. The second-order valence-corrected chi connectivity index (χ2v) is 2.93. The molecule has 0 saturated carbocycles. The van der Waals surface area contributed by atoms with Gasteiger partial charge in [-0.1, -0.05) is 12.1 Å². The molecule has 0 bridgehead atoms. The van der Waals surface area contributed by atoms with Crippen LogP contribution in [-0.2, 0) is 0 Å². The lowest BCUT2D eigenvalue weighted by molar-refractivity contribution is 0.0954. The molecule has 1 aromatic rings. The van der Waals surface area contributed by atoms with Crippen molar-refractivity contribution in [3.8, 4) is 5.75 Å². The number of hydrogen-bond donors (Lipinski definition) is 2. The summed E-state index contributed by atoms with van der Waals surface area (Å²) in [7, 11) is 1.58. The van der Waals surface area contributed by atoms with Crippen LogP contribution in [0.4, 0.5) is 0 Å². The van der Waals surface area contributed by atoms with Gasteiger partial charge >= 0.3 is 0 Å². The van der Waals surface area contributed by atoms with E-state index in [4.69, 9.17) is 9.84 Å². The van der Waals surface area contributed by atoms with Crippen LogP contribution in [0, 0.1) is 6.92 Å². The molecule has 1 atom stereocenters. The van der Waals surface area contributed by atoms with E-state index in [-0.39, 0.29) is 6.61 Å². The van der Waals surface area contributed by atoms with Gasteiger partial charge < -0.3 is 14.9 Å². The standard InChI is InChI=1S/C10H14O3/c1-7-3-4-8(9(12)6-11)5-10(7)13-2/h3-5,9,11-12H,6H2,1-2H3. The Morgan fingerprint density at radius 1 is 1.46 bits per heavy atom. The molecule has 0 spiro atoms. The SMILES string of the molecule is COc1cc(C(O)CO)ccc1C. The van der Waals surface area contributed by atoms with E-state index < -0.39 is 6.10 Å². The maximum atomic E-state index is 9.33. The van der Waals surface area contributed by atoms with Crippen LogP contribution in [0.5, 0.6) is 5.75 Å². The summed E-state index contributed by atoms with van der Waals surface area (Å²) in [4.78, 5) is 0. The molecule has 0 fully saturated rings. The number of rotatable bonds is 3. The van der Waals surface area contributed by atoms with E-state index in [1.807, 2.05) is 13.0 Å². The van der Waals surface area contributed by atoms with Crippen LogP contribution < -0.4 is 4.74 Å². The Bertz CT molecular complexity index is 283. The van der Waals surface area contributed by atoms with Gasteiger partial charge in [0.2, 0.25) is 0 Å². The summed E-state index contributed by atoms with van der Waals surface area (Å²) in [5, 5.41) is 18.1. The third kappa shape index (κ3) is 2.20. The van der Waals surface area contributed by atoms with Crippen molar-refractivity contribution in [2.45, 2.75) is 13.0 Å². The number of methoxy groups -OCH3 is 1. The Hall–Kier alpha value is -1.06. The number of benzene rings is 1. The van der Waals surface area contributed by atoms with Gasteiger partial charge in [-0.25, -0.2) is 0 Å². The second kappa shape index (κ2) is 4.25. The highest BCUT2D eigenvalue weighted by Gasteiger charge is 2.07. The van der Waals surface area contributed by atoms with Gasteiger partial charge in [0, 0.05) is 0 Å². The van der Waals surface area contributed by atoms with Crippen LogP contribution in [0.25, 0.3) is 0 Å². The Morgan fingerprint density at radius 2 is 2.15 bits per heavy atom. The zero-order chi connectivity index (χ0) is 9.84. The number of aryl methyl sites for hydroxylation is 1. The van der Waals surface area contributed by atoms with Crippen LogP contribution in [0.1, 0.15) is 17.2 Å². The molecule has 3 heteroatoms. The molecule has 0 radical (unpaired) electrons. The lowest BCUT2D eigenvalue weighted by Gasteiger charge is -2.10. The lowest BCUT2D eigenvalue weighted by atomic mass is 10.1. The van der Waals surface area contributed by atoms with E-state index in [1.165, 1.54) is 0 Å². The summed E-state index contributed by atoms with van der Waals surface area (Å²) in [6.07, 6.45) is -0.825. The van der Waals surface area contributed by atoms with E-state index in [1.54, 1.807) is 19.2 Å². The quantitative estimate of drug-likeness (QED) is 0.734. The molecule has 0 aliphatic heterocycles. The normalized spacial score (nSPS) is 12.6. The first-order valence-corrected chi connectivity index (χ1v) is 4.12. The molecule has 2 N–H and O–H groups in total. The van der Waals surface area contributed by atoms with Crippen molar-refractivity contribution < 1.29 is 14.9 Å². The predicted molar refractivity (Wildman–Crippen MR) is 49.8 cm³/mol. The fourth-order valence-electron chi connectivity index (χ4n) is 1.15. The monoisotopic (exact) mass is 182 g/mol. The highest BCUT2D eigenvalue weighted by molar-refractivity contribution is 5.37. The van der Waals surface area contributed by atoms with Crippen LogP contribution in [0.15, 0.2) is 18.2 Å². The van der Waals surface area contributed by atoms with Crippen LogP contribution in [-0.4, -0.2) is 23.9 Å². The molecule has 0 aliphatic carbocycles. The summed E-state index contributed by atoms with van der Waals surface area (Å²) < 4.78 is 5.09. The Labute approximate surface area is 77.6 Å². The molecular weight excluding hydrogens is 168 g/mol. The van der Waals surface area contributed by atoms with E-state index in [0.29, 0.717) is 5.56 Å². The van der Waals surface area contributed by atoms with Crippen molar-refractivity contribution in [1.29, 1.82) is 0 Å². The molecular formula is C10H14O3. The number of aliphatic hydroxyl groups excluding tert-OH is 2. The van der Waals surface area contributed by atoms with Crippen molar-refractivity contribution in [2.24, 2.45) is 0 Å². The molecule has 0 saturated heterocycles. The first-order valence-electron chi connectivity index (χ1n) is 4.12. The Kier molecular flexibility index (Phi) is 3.28.